The van der Waals surface area contributed by atoms with Gasteiger partial charge in [0.05, 0.1) is 10.5 Å². The molecule has 1 N–H and O–H groups in total. The molecular formula is C18H22N2O2S2. The molecule has 1 aliphatic carbocycles. The first-order valence-electron chi connectivity index (χ1n) is 8.64. The Bertz CT molecular complexity index is 642. The molecule has 1 atom stereocenters. The number of benzene rings is 1. The highest BCUT2D eigenvalue weighted by Crippen LogP contribution is 2.44. The molecule has 2 aliphatic heterocycles. The number of carbonyl (C=O) groups is 2. The van der Waals surface area contributed by atoms with Crippen LogP contribution in [0.4, 0.5) is 5.69 Å². The standard InChI is InChI=1S/C18H22N2O2S2/c21-16-10-13(11-20(16)15-5-6-15)17(22)19-14-4-1-3-12(9-14)18-23-7-2-8-24-18/h1,3-4,9,13,15,18H,2,5-8,10-11H2,(H,19,22). The number of nitrogens with one attached hydrogen (secondary N) is 1. The number of carbonyl (C=O) groups excluding carboxylic acids is 2. The van der Waals surface area contributed by atoms with Crippen LogP contribution < -0.4 is 5.32 Å². The van der Waals surface area contributed by atoms with Gasteiger partial charge in [0.1, 0.15) is 0 Å². The summed E-state index contributed by atoms with van der Waals surface area (Å²) in [6.45, 7) is 0.587. The monoisotopic (exact) mass is 362 g/mol. The molecule has 2 amide bonds. The molecule has 2 saturated heterocycles. The van der Waals surface area contributed by atoms with Crippen molar-refractivity contribution >= 4 is 41.0 Å². The van der Waals surface area contributed by atoms with Crippen molar-refractivity contribution in [3.05, 3.63) is 29.8 Å². The summed E-state index contributed by atoms with van der Waals surface area (Å²) in [5.74, 6) is 2.32. The summed E-state index contributed by atoms with van der Waals surface area (Å²) in [5.41, 5.74) is 2.12. The lowest BCUT2D eigenvalue weighted by Gasteiger charge is -2.22. The van der Waals surface area contributed by atoms with Gasteiger partial charge in [0, 0.05) is 24.7 Å². The van der Waals surface area contributed by atoms with Gasteiger partial charge in [-0.15, -0.1) is 23.5 Å². The van der Waals surface area contributed by atoms with E-state index >= 15 is 0 Å². The zero-order valence-corrected chi connectivity index (χ0v) is 15.2. The van der Waals surface area contributed by atoms with E-state index in [4.69, 9.17) is 0 Å². The summed E-state index contributed by atoms with van der Waals surface area (Å²) in [7, 11) is 0. The van der Waals surface area contributed by atoms with E-state index in [1.54, 1.807) is 0 Å². The molecule has 3 aliphatic rings. The normalized spacial score (nSPS) is 25.1. The Balaban J connectivity index is 1.39. The van der Waals surface area contributed by atoms with Gasteiger partial charge in [-0.1, -0.05) is 12.1 Å². The third kappa shape index (κ3) is 3.59. The first-order chi connectivity index (χ1) is 11.7. The van der Waals surface area contributed by atoms with E-state index in [1.807, 2.05) is 40.6 Å². The van der Waals surface area contributed by atoms with Crippen molar-refractivity contribution < 1.29 is 9.59 Å². The summed E-state index contributed by atoms with van der Waals surface area (Å²) in [5, 5.41) is 3.03. The van der Waals surface area contributed by atoms with E-state index < -0.39 is 0 Å². The second kappa shape index (κ2) is 7.00. The van der Waals surface area contributed by atoms with E-state index in [0.29, 0.717) is 23.6 Å². The first kappa shape index (κ1) is 16.3. The maximum Gasteiger partial charge on any atom is 0.229 e. The highest BCUT2D eigenvalue weighted by atomic mass is 32.2. The third-order valence-corrected chi connectivity index (χ3v) is 7.79. The van der Waals surface area contributed by atoms with Crippen molar-refractivity contribution in [1.29, 1.82) is 0 Å². The highest BCUT2D eigenvalue weighted by Gasteiger charge is 2.41. The summed E-state index contributed by atoms with van der Waals surface area (Å²) in [6.07, 6.45) is 3.82. The zero-order chi connectivity index (χ0) is 16.5. The largest absolute Gasteiger partial charge is 0.339 e. The Labute approximate surface area is 151 Å². The van der Waals surface area contributed by atoms with Gasteiger partial charge < -0.3 is 10.2 Å². The maximum atomic E-state index is 12.5. The minimum atomic E-state index is -0.208. The molecule has 1 saturated carbocycles. The van der Waals surface area contributed by atoms with Crippen LogP contribution in [0.3, 0.4) is 0 Å². The molecule has 1 unspecified atom stereocenters. The Morgan fingerprint density at radius 3 is 2.75 bits per heavy atom. The summed E-state index contributed by atoms with van der Waals surface area (Å²) >= 11 is 3.96. The fourth-order valence-corrected chi connectivity index (χ4v) is 6.21. The van der Waals surface area contributed by atoms with Gasteiger partial charge in [0.2, 0.25) is 11.8 Å². The molecule has 0 bridgehead atoms. The lowest BCUT2D eigenvalue weighted by atomic mass is 10.1. The van der Waals surface area contributed by atoms with Crippen LogP contribution >= 0.6 is 23.5 Å². The number of nitrogens with zero attached hydrogens (tertiary/aromatic N) is 1. The lowest BCUT2D eigenvalue weighted by Crippen LogP contribution is -2.29. The van der Waals surface area contributed by atoms with Crippen molar-refractivity contribution in [3.8, 4) is 0 Å². The van der Waals surface area contributed by atoms with Crippen molar-refractivity contribution in [2.24, 2.45) is 5.92 Å². The van der Waals surface area contributed by atoms with Crippen molar-refractivity contribution in [1.82, 2.24) is 4.90 Å². The van der Waals surface area contributed by atoms with Crippen LogP contribution in [-0.4, -0.2) is 40.8 Å². The molecular weight excluding hydrogens is 340 g/mol. The number of hydrogen-bond acceptors (Lipinski definition) is 4. The number of hydrogen-bond donors (Lipinski definition) is 1. The van der Waals surface area contributed by atoms with Crippen LogP contribution in [-0.2, 0) is 9.59 Å². The van der Waals surface area contributed by atoms with E-state index in [0.717, 1.165) is 18.5 Å². The Morgan fingerprint density at radius 1 is 1.21 bits per heavy atom. The fourth-order valence-electron chi connectivity index (χ4n) is 3.33. The number of likely N-dealkylation sites (tertiary alicyclic amines) is 1. The smallest absolute Gasteiger partial charge is 0.229 e. The molecule has 4 nitrogen and oxygen atoms in total. The second-order valence-corrected chi connectivity index (χ2v) is 9.44. The predicted octanol–water partition coefficient (Wildman–Crippen LogP) is 3.50. The summed E-state index contributed by atoms with van der Waals surface area (Å²) < 4.78 is 0.467. The number of amides is 2. The highest BCUT2D eigenvalue weighted by molar-refractivity contribution is 8.16. The van der Waals surface area contributed by atoms with Crippen LogP contribution in [0.1, 0.15) is 35.8 Å². The van der Waals surface area contributed by atoms with Crippen molar-refractivity contribution in [2.75, 3.05) is 23.4 Å². The van der Waals surface area contributed by atoms with Gasteiger partial charge in [-0.05, 0) is 48.5 Å². The molecule has 0 aromatic heterocycles. The molecule has 0 radical (unpaired) electrons. The SMILES string of the molecule is O=C(Nc1cccc(C2SCCCS2)c1)C1CC(=O)N(C2CC2)C1. The van der Waals surface area contributed by atoms with Crippen LogP contribution in [0.5, 0.6) is 0 Å². The summed E-state index contributed by atoms with van der Waals surface area (Å²) in [6, 6.07) is 8.58. The van der Waals surface area contributed by atoms with E-state index in [2.05, 4.69) is 17.4 Å². The van der Waals surface area contributed by atoms with Crippen LogP contribution in [0.15, 0.2) is 24.3 Å². The third-order valence-electron chi connectivity index (χ3n) is 4.77. The number of thioether (sulfide) groups is 2. The van der Waals surface area contributed by atoms with Crippen molar-refractivity contribution in [3.63, 3.8) is 0 Å². The fraction of sp³-hybridized carbons (Fsp3) is 0.556. The predicted molar refractivity (Wildman–Crippen MR) is 100 cm³/mol. The molecule has 2 heterocycles. The quantitative estimate of drug-likeness (QED) is 0.891. The van der Waals surface area contributed by atoms with Crippen LogP contribution in [0.2, 0.25) is 0 Å². The van der Waals surface area contributed by atoms with Gasteiger partial charge in [-0.2, -0.15) is 0 Å². The van der Waals surface area contributed by atoms with Gasteiger partial charge in [0.25, 0.3) is 0 Å². The summed E-state index contributed by atoms with van der Waals surface area (Å²) in [4.78, 5) is 26.5. The molecule has 4 rings (SSSR count). The molecule has 24 heavy (non-hydrogen) atoms. The van der Waals surface area contributed by atoms with E-state index in [9.17, 15) is 9.59 Å². The Hall–Kier alpha value is -1.14. The van der Waals surface area contributed by atoms with E-state index in [1.165, 1.54) is 23.5 Å². The minimum Gasteiger partial charge on any atom is -0.339 e. The molecule has 0 spiro atoms. The molecule has 1 aromatic carbocycles. The number of anilines is 1. The zero-order valence-electron chi connectivity index (χ0n) is 13.6. The van der Waals surface area contributed by atoms with Gasteiger partial charge in [0.15, 0.2) is 0 Å². The number of rotatable bonds is 4. The van der Waals surface area contributed by atoms with Gasteiger partial charge in [-0.3, -0.25) is 9.59 Å². The molecule has 128 valence electrons. The van der Waals surface area contributed by atoms with Gasteiger partial charge in [-0.25, -0.2) is 0 Å². The second-order valence-electron chi connectivity index (χ2n) is 6.72. The molecule has 3 fully saturated rings. The van der Waals surface area contributed by atoms with Gasteiger partial charge >= 0.3 is 0 Å². The topological polar surface area (TPSA) is 49.4 Å². The Morgan fingerprint density at radius 2 is 2.00 bits per heavy atom. The Kier molecular flexibility index (Phi) is 4.77. The average Bonchev–Trinajstić information content (AvgIpc) is 3.38. The lowest BCUT2D eigenvalue weighted by molar-refractivity contribution is -0.128. The van der Waals surface area contributed by atoms with Crippen molar-refractivity contribution in [2.45, 2.75) is 36.3 Å². The molecule has 6 heteroatoms. The maximum absolute atomic E-state index is 12.5. The molecule has 1 aromatic rings. The first-order valence-corrected chi connectivity index (χ1v) is 10.7. The van der Waals surface area contributed by atoms with Crippen LogP contribution in [0, 0.1) is 5.92 Å². The van der Waals surface area contributed by atoms with Crippen LogP contribution in [0.25, 0.3) is 0 Å². The minimum absolute atomic E-state index is 0.0207. The average molecular weight is 363 g/mol. The van der Waals surface area contributed by atoms with E-state index in [-0.39, 0.29) is 17.7 Å².